The zero-order valence-electron chi connectivity index (χ0n) is 14.5. The summed E-state index contributed by atoms with van der Waals surface area (Å²) in [6.45, 7) is -0.121. The van der Waals surface area contributed by atoms with Crippen LogP contribution < -0.4 is 5.32 Å². The highest BCUT2D eigenvalue weighted by Crippen LogP contribution is 2.31. The molecule has 0 aliphatic heterocycles. The third-order valence-electron chi connectivity index (χ3n) is 3.99. The summed E-state index contributed by atoms with van der Waals surface area (Å²) in [5.41, 5.74) is -0.0354. The zero-order valence-corrected chi connectivity index (χ0v) is 14.5. The lowest BCUT2D eigenvalue weighted by atomic mass is 10.0. The Morgan fingerprint density at radius 3 is 2.50 bits per heavy atom. The van der Waals surface area contributed by atoms with E-state index in [4.69, 9.17) is 0 Å². The van der Waals surface area contributed by atoms with Crippen LogP contribution in [0.3, 0.4) is 0 Å². The number of aliphatic hydroxyl groups excluding tert-OH is 1. The SMILES string of the molecule is OCCC(Nc1ccnc(-c2cncc(C(F)(F)F)c2)n1)c1ccc(F)cc1. The fourth-order valence-corrected chi connectivity index (χ4v) is 2.62. The first-order chi connectivity index (χ1) is 13.4. The monoisotopic (exact) mass is 392 g/mol. The first-order valence-corrected chi connectivity index (χ1v) is 8.35. The van der Waals surface area contributed by atoms with Crippen molar-refractivity contribution in [3.8, 4) is 11.4 Å². The molecular weight excluding hydrogens is 376 g/mol. The maximum Gasteiger partial charge on any atom is 0.417 e. The molecule has 0 spiro atoms. The van der Waals surface area contributed by atoms with Crippen molar-refractivity contribution < 1.29 is 22.7 Å². The molecule has 28 heavy (non-hydrogen) atoms. The highest BCUT2D eigenvalue weighted by molar-refractivity contribution is 5.57. The van der Waals surface area contributed by atoms with E-state index in [9.17, 15) is 22.7 Å². The second kappa shape index (κ2) is 8.30. The number of hydrogen-bond donors (Lipinski definition) is 2. The van der Waals surface area contributed by atoms with Gasteiger partial charge in [0.1, 0.15) is 11.6 Å². The molecule has 5 nitrogen and oxygen atoms in total. The van der Waals surface area contributed by atoms with Crippen LogP contribution in [0.25, 0.3) is 11.4 Å². The molecule has 2 N–H and O–H groups in total. The fourth-order valence-electron chi connectivity index (χ4n) is 2.62. The van der Waals surface area contributed by atoms with Crippen molar-refractivity contribution in [2.75, 3.05) is 11.9 Å². The van der Waals surface area contributed by atoms with Crippen LogP contribution in [0.4, 0.5) is 23.4 Å². The molecule has 1 unspecified atom stereocenters. The van der Waals surface area contributed by atoms with Crippen LogP contribution in [0.1, 0.15) is 23.6 Å². The number of rotatable bonds is 6. The molecule has 0 aliphatic carbocycles. The lowest BCUT2D eigenvalue weighted by Crippen LogP contribution is -2.14. The van der Waals surface area contributed by atoms with E-state index in [-0.39, 0.29) is 29.9 Å². The molecule has 0 saturated carbocycles. The number of aromatic nitrogens is 3. The normalized spacial score (nSPS) is 12.6. The Bertz CT molecular complexity index is 932. The summed E-state index contributed by atoms with van der Waals surface area (Å²) in [4.78, 5) is 11.9. The molecule has 3 aromatic rings. The number of anilines is 1. The summed E-state index contributed by atoms with van der Waals surface area (Å²) in [7, 11) is 0. The van der Waals surface area contributed by atoms with Gasteiger partial charge < -0.3 is 10.4 Å². The number of halogens is 4. The van der Waals surface area contributed by atoms with Gasteiger partial charge >= 0.3 is 6.18 Å². The van der Waals surface area contributed by atoms with Gasteiger partial charge in [0, 0.05) is 30.8 Å². The maximum atomic E-state index is 13.1. The molecule has 2 aromatic heterocycles. The number of benzene rings is 1. The minimum absolute atomic E-state index is 0.0745. The van der Waals surface area contributed by atoms with E-state index in [0.717, 1.165) is 17.8 Å². The number of aliphatic hydroxyl groups is 1. The number of hydrogen-bond acceptors (Lipinski definition) is 5. The molecule has 0 fully saturated rings. The van der Waals surface area contributed by atoms with Crippen molar-refractivity contribution in [2.24, 2.45) is 0 Å². The Balaban J connectivity index is 1.87. The van der Waals surface area contributed by atoms with Gasteiger partial charge in [-0.15, -0.1) is 0 Å². The smallest absolute Gasteiger partial charge is 0.396 e. The maximum absolute atomic E-state index is 13.1. The first-order valence-electron chi connectivity index (χ1n) is 8.35. The molecule has 3 rings (SSSR count). The van der Waals surface area contributed by atoms with Crippen molar-refractivity contribution in [2.45, 2.75) is 18.6 Å². The second-order valence-electron chi connectivity index (χ2n) is 5.99. The third-order valence-corrected chi connectivity index (χ3v) is 3.99. The van der Waals surface area contributed by atoms with Crippen molar-refractivity contribution in [3.05, 3.63) is 71.9 Å². The summed E-state index contributed by atoms with van der Waals surface area (Å²) in [5.74, 6) is 0.0449. The van der Waals surface area contributed by atoms with E-state index in [0.29, 0.717) is 12.2 Å². The van der Waals surface area contributed by atoms with Gasteiger partial charge in [-0.3, -0.25) is 4.98 Å². The Kier molecular flexibility index (Phi) is 5.84. The van der Waals surface area contributed by atoms with Crippen LogP contribution >= 0.6 is 0 Å². The van der Waals surface area contributed by atoms with Gasteiger partial charge in [0.15, 0.2) is 5.82 Å². The van der Waals surface area contributed by atoms with Gasteiger partial charge in [-0.05, 0) is 36.2 Å². The predicted octanol–water partition coefficient (Wildman–Crippen LogP) is 4.23. The van der Waals surface area contributed by atoms with Gasteiger partial charge in [0.2, 0.25) is 0 Å². The minimum atomic E-state index is -4.52. The van der Waals surface area contributed by atoms with Crippen molar-refractivity contribution in [1.82, 2.24) is 15.0 Å². The van der Waals surface area contributed by atoms with Gasteiger partial charge in [-0.25, -0.2) is 14.4 Å². The largest absolute Gasteiger partial charge is 0.417 e. The molecule has 9 heteroatoms. The average Bonchev–Trinajstić information content (AvgIpc) is 2.68. The van der Waals surface area contributed by atoms with Gasteiger partial charge in [-0.1, -0.05) is 12.1 Å². The summed E-state index contributed by atoms with van der Waals surface area (Å²) in [6, 6.07) is 7.90. The number of nitrogens with one attached hydrogen (secondary N) is 1. The van der Waals surface area contributed by atoms with Crippen molar-refractivity contribution >= 4 is 5.82 Å². The van der Waals surface area contributed by atoms with Crippen LogP contribution in [0, 0.1) is 5.82 Å². The number of pyridine rings is 1. The molecule has 2 heterocycles. The second-order valence-corrected chi connectivity index (χ2v) is 5.99. The lowest BCUT2D eigenvalue weighted by Gasteiger charge is -2.19. The van der Waals surface area contributed by atoms with E-state index in [2.05, 4.69) is 20.3 Å². The standard InChI is InChI=1S/C19H16F4N4O/c20-15-3-1-12(2-4-15)16(6-8-28)26-17-5-7-25-18(27-17)13-9-14(11-24-10-13)19(21,22)23/h1-5,7,9-11,16,28H,6,8H2,(H,25,26,27). The van der Waals surface area contributed by atoms with E-state index >= 15 is 0 Å². The molecule has 146 valence electrons. The molecule has 0 radical (unpaired) electrons. The van der Waals surface area contributed by atoms with Crippen molar-refractivity contribution in [3.63, 3.8) is 0 Å². The Hall–Kier alpha value is -3.07. The molecule has 0 bridgehead atoms. The van der Waals surface area contributed by atoms with Gasteiger partial charge in [0.05, 0.1) is 11.6 Å². The fraction of sp³-hybridized carbons (Fsp3) is 0.211. The first kappa shape index (κ1) is 19.7. The van der Waals surface area contributed by atoms with Crippen LogP contribution in [-0.4, -0.2) is 26.7 Å². The molecule has 0 aliphatic rings. The minimum Gasteiger partial charge on any atom is -0.396 e. The summed E-state index contributed by atoms with van der Waals surface area (Å²) in [6.07, 6.45) is -0.799. The zero-order chi connectivity index (χ0) is 20.1. The highest BCUT2D eigenvalue weighted by Gasteiger charge is 2.31. The Labute approximate surface area is 158 Å². The average molecular weight is 392 g/mol. The van der Waals surface area contributed by atoms with Gasteiger partial charge in [-0.2, -0.15) is 13.2 Å². The van der Waals surface area contributed by atoms with Crippen LogP contribution in [-0.2, 0) is 6.18 Å². The van der Waals surface area contributed by atoms with E-state index in [1.54, 1.807) is 18.2 Å². The third kappa shape index (κ3) is 4.80. The highest BCUT2D eigenvalue weighted by atomic mass is 19.4. The van der Waals surface area contributed by atoms with Crippen LogP contribution in [0.15, 0.2) is 55.0 Å². The Morgan fingerprint density at radius 1 is 1.07 bits per heavy atom. The van der Waals surface area contributed by atoms with E-state index in [1.807, 2.05) is 0 Å². The number of nitrogens with zero attached hydrogens (tertiary/aromatic N) is 3. The summed E-state index contributed by atoms with van der Waals surface area (Å²) < 4.78 is 51.8. The van der Waals surface area contributed by atoms with Gasteiger partial charge in [0.25, 0.3) is 0 Å². The molecule has 1 aromatic carbocycles. The van der Waals surface area contributed by atoms with Crippen LogP contribution in [0.2, 0.25) is 0 Å². The van der Waals surface area contributed by atoms with E-state index < -0.39 is 11.7 Å². The molecule has 0 amide bonds. The topological polar surface area (TPSA) is 70.9 Å². The van der Waals surface area contributed by atoms with E-state index in [1.165, 1.54) is 24.5 Å². The molecular formula is C19H16F4N4O. The molecule has 0 saturated heterocycles. The van der Waals surface area contributed by atoms with Crippen LogP contribution in [0.5, 0.6) is 0 Å². The molecule has 1 atom stereocenters. The van der Waals surface area contributed by atoms with Crippen molar-refractivity contribution in [1.29, 1.82) is 0 Å². The number of alkyl halides is 3. The predicted molar refractivity (Wildman–Crippen MR) is 94.7 cm³/mol. The quantitative estimate of drug-likeness (QED) is 0.615. The summed E-state index contributed by atoms with van der Waals surface area (Å²) in [5, 5.41) is 12.4. The summed E-state index contributed by atoms with van der Waals surface area (Å²) >= 11 is 0. The lowest BCUT2D eigenvalue weighted by molar-refractivity contribution is -0.137. The Morgan fingerprint density at radius 2 is 1.82 bits per heavy atom.